The average Bonchev–Trinajstić information content (AvgIpc) is 3.35. The van der Waals surface area contributed by atoms with Gasteiger partial charge in [-0.15, -0.1) is 10.2 Å². The fourth-order valence-electron chi connectivity index (χ4n) is 3.33. The van der Waals surface area contributed by atoms with Crippen molar-refractivity contribution in [3.8, 4) is 22.8 Å². The molecule has 0 fully saturated rings. The van der Waals surface area contributed by atoms with Crippen LogP contribution in [-0.4, -0.2) is 48.7 Å². The number of nitrogens with zero attached hydrogens (tertiary/aromatic N) is 6. The van der Waals surface area contributed by atoms with E-state index in [1.165, 1.54) is 23.9 Å². The number of nitro benzene ring substituents is 1. The highest BCUT2D eigenvalue weighted by molar-refractivity contribution is 7.99. The first-order valence-corrected chi connectivity index (χ1v) is 12.2. The Kier molecular flexibility index (Phi) is 8.21. The zero-order chi connectivity index (χ0) is 26.2. The Hall–Kier alpha value is -4.58. The lowest BCUT2D eigenvalue weighted by molar-refractivity contribution is -0.384. The van der Waals surface area contributed by atoms with E-state index in [1.807, 2.05) is 47.9 Å². The molecule has 0 unspecified atom stereocenters. The Morgan fingerprint density at radius 2 is 1.89 bits per heavy atom. The van der Waals surface area contributed by atoms with Crippen LogP contribution in [0.5, 0.6) is 5.75 Å². The van der Waals surface area contributed by atoms with Crippen molar-refractivity contribution in [1.82, 2.24) is 25.2 Å². The zero-order valence-corrected chi connectivity index (χ0v) is 20.9. The molecule has 0 saturated carbocycles. The number of ether oxygens (including phenoxy) is 1. The number of carbonyl (C=O) groups is 1. The molecule has 0 aliphatic rings. The number of rotatable bonds is 10. The first-order valence-electron chi connectivity index (χ1n) is 11.3. The molecule has 2 heterocycles. The maximum atomic E-state index is 12.5. The predicted octanol–water partition coefficient (Wildman–Crippen LogP) is 4.27. The van der Waals surface area contributed by atoms with E-state index in [-0.39, 0.29) is 17.3 Å². The van der Waals surface area contributed by atoms with Crippen LogP contribution in [0.1, 0.15) is 19.4 Å². The molecule has 188 valence electrons. The van der Waals surface area contributed by atoms with Crippen LogP contribution in [0.25, 0.3) is 17.1 Å². The lowest BCUT2D eigenvalue weighted by atomic mass is 10.1. The van der Waals surface area contributed by atoms with Crippen LogP contribution < -0.4 is 10.2 Å². The quantitative estimate of drug-likeness (QED) is 0.142. The molecule has 0 bridgehead atoms. The normalized spacial score (nSPS) is 11.2. The number of hydrogen-bond donors (Lipinski definition) is 1. The van der Waals surface area contributed by atoms with Crippen molar-refractivity contribution in [2.45, 2.75) is 19.0 Å². The molecule has 37 heavy (non-hydrogen) atoms. The molecule has 1 amide bonds. The summed E-state index contributed by atoms with van der Waals surface area (Å²) < 4.78 is 7.40. The molecule has 0 spiro atoms. The lowest BCUT2D eigenvalue weighted by Gasteiger charge is -2.11. The summed E-state index contributed by atoms with van der Waals surface area (Å²) in [5, 5.41) is 24.1. The fourth-order valence-corrected chi connectivity index (χ4v) is 4.08. The van der Waals surface area contributed by atoms with Gasteiger partial charge in [0.2, 0.25) is 0 Å². The topological polar surface area (TPSA) is 137 Å². The maximum absolute atomic E-state index is 12.5. The molecule has 4 rings (SSSR count). The van der Waals surface area contributed by atoms with E-state index in [0.717, 1.165) is 17.0 Å². The second-order valence-corrected chi connectivity index (χ2v) is 8.58. The van der Waals surface area contributed by atoms with Crippen molar-refractivity contribution >= 4 is 29.1 Å². The zero-order valence-electron chi connectivity index (χ0n) is 20.1. The standard InChI is InChI=1S/C25H23N7O4S/c1-3-36-22-12-10-20(11-13-22)31-24(19-5-4-14-26-15-19)29-30-25(31)37-16-23(33)28-27-17(2)18-6-8-21(9-7-18)32(34)35/h4-15H,3,16H2,1-2H3,(H,28,33)/b27-17+. The Balaban J connectivity index is 1.49. The molecular formula is C25H23N7O4S. The van der Waals surface area contributed by atoms with Crippen molar-refractivity contribution in [2.75, 3.05) is 12.4 Å². The maximum Gasteiger partial charge on any atom is 0.269 e. The summed E-state index contributed by atoms with van der Waals surface area (Å²) in [4.78, 5) is 27.1. The molecule has 0 radical (unpaired) electrons. The third-order valence-corrected chi connectivity index (χ3v) is 6.06. The fraction of sp³-hybridized carbons (Fsp3) is 0.160. The van der Waals surface area contributed by atoms with Crippen LogP contribution in [-0.2, 0) is 4.79 Å². The van der Waals surface area contributed by atoms with Gasteiger partial charge in [-0.3, -0.25) is 24.5 Å². The second-order valence-electron chi connectivity index (χ2n) is 7.64. The minimum Gasteiger partial charge on any atom is -0.494 e. The number of thioether (sulfide) groups is 1. The molecular weight excluding hydrogens is 494 g/mol. The number of pyridine rings is 1. The van der Waals surface area contributed by atoms with Gasteiger partial charge in [0.15, 0.2) is 11.0 Å². The van der Waals surface area contributed by atoms with Crippen molar-refractivity contribution < 1.29 is 14.5 Å². The molecule has 0 saturated heterocycles. The second kappa shape index (κ2) is 11.9. The van der Waals surface area contributed by atoms with Crippen LogP contribution in [0.4, 0.5) is 5.69 Å². The number of carbonyl (C=O) groups excluding carboxylic acids is 1. The highest BCUT2D eigenvalue weighted by Gasteiger charge is 2.18. The number of amides is 1. The lowest BCUT2D eigenvalue weighted by Crippen LogP contribution is -2.21. The van der Waals surface area contributed by atoms with Crippen LogP contribution in [0.2, 0.25) is 0 Å². The molecule has 4 aromatic rings. The minimum absolute atomic E-state index is 0.0146. The molecule has 2 aromatic carbocycles. The summed E-state index contributed by atoms with van der Waals surface area (Å²) in [6.07, 6.45) is 3.38. The van der Waals surface area contributed by atoms with Gasteiger partial charge in [-0.25, -0.2) is 5.43 Å². The van der Waals surface area contributed by atoms with Gasteiger partial charge in [-0.05, 0) is 67.9 Å². The third kappa shape index (κ3) is 6.35. The average molecular weight is 518 g/mol. The summed E-state index contributed by atoms with van der Waals surface area (Å²) >= 11 is 1.21. The first kappa shape index (κ1) is 25.5. The van der Waals surface area contributed by atoms with E-state index in [0.29, 0.717) is 28.9 Å². The van der Waals surface area contributed by atoms with E-state index >= 15 is 0 Å². The highest BCUT2D eigenvalue weighted by Crippen LogP contribution is 2.28. The largest absolute Gasteiger partial charge is 0.494 e. The van der Waals surface area contributed by atoms with E-state index in [4.69, 9.17) is 4.74 Å². The molecule has 2 aromatic heterocycles. The van der Waals surface area contributed by atoms with E-state index in [2.05, 4.69) is 25.7 Å². The summed E-state index contributed by atoms with van der Waals surface area (Å²) in [7, 11) is 0. The number of benzene rings is 2. The van der Waals surface area contributed by atoms with Gasteiger partial charge in [0, 0.05) is 35.8 Å². The van der Waals surface area contributed by atoms with Crippen LogP contribution in [0, 0.1) is 10.1 Å². The molecule has 11 nitrogen and oxygen atoms in total. The molecule has 12 heteroatoms. The number of aromatic nitrogens is 4. The monoisotopic (exact) mass is 517 g/mol. The predicted molar refractivity (Wildman–Crippen MR) is 140 cm³/mol. The minimum atomic E-state index is -0.471. The van der Waals surface area contributed by atoms with Gasteiger partial charge in [0.05, 0.1) is 23.0 Å². The number of nitrogens with one attached hydrogen (secondary N) is 1. The molecule has 0 aliphatic carbocycles. The van der Waals surface area contributed by atoms with E-state index < -0.39 is 4.92 Å². The van der Waals surface area contributed by atoms with Crippen molar-refractivity contribution in [2.24, 2.45) is 5.10 Å². The number of nitro groups is 1. The smallest absolute Gasteiger partial charge is 0.269 e. The number of hydrazone groups is 1. The number of non-ortho nitro benzene ring substituents is 1. The molecule has 0 atom stereocenters. The first-order chi connectivity index (χ1) is 18.0. The van der Waals surface area contributed by atoms with Gasteiger partial charge in [0.25, 0.3) is 11.6 Å². The van der Waals surface area contributed by atoms with Gasteiger partial charge in [-0.2, -0.15) is 5.10 Å². The molecule has 0 aliphatic heterocycles. The highest BCUT2D eigenvalue weighted by atomic mass is 32.2. The Labute approximate surface area is 216 Å². The van der Waals surface area contributed by atoms with Crippen LogP contribution >= 0.6 is 11.8 Å². The van der Waals surface area contributed by atoms with Crippen molar-refractivity contribution in [3.05, 3.63) is 88.7 Å². The summed E-state index contributed by atoms with van der Waals surface area (Å²) in [5.41, 5.74) is 5.27. The van der Waals surface area contributed by atoms with Gasteiger partial charge < -0.3 is 4.74 Å². The van der Waals surface area contributed by atoms with Crippen molar-refractivity contribution in [3.63, 3.8) is 0 Å². The molecule has 1 N–H and O–H groups in total. The summed E-state index contributed by atoms with van der Waals surface area (Å²) in [5.74, 6) is 1.04. The van der Waals surface area contributed by atoms with E-state index in [1.54, 1.807) is 31.5 Å². The van der Waals surface area contributed by atoms with Crippen LogP contribution in [0.3, 0.4) is 0 Å². The van der Waals surface area contributed by atoms with Gasteiger partial charge in [-0.1, -0.05) is 11.8 Å². The van der Waals surface area contributed by atoms with Crippen LogP contribution in [0.15, 0.2) is 83.3 Å². The third-order valence-electron chi connectivity index (χ3n) is 5.14. The van der Waals surface area contributed by atoms with Gasteiger partial charge >= 0.3 is 0 Å². The van der Waals surface area contributed by atoms with Gasteiger partial charge in [0.1, 0.15) is 5.75 Å². The Morgan fingerprint density at radius 1 is 1.14 bits per heavy atom. The SMILES string of the molecule is CCOc1ccc(-n2c(SCC(=O)N/N=C(\C)c3ccc([N+](=O)[O-])cc3)nnc2-c2cccnc2)cc1. The Morgan fingerprint density at radius 3 is 2.54 bits per heavy atom. The number of hydrogen-bond acceptors (Lipinski definition) is 9. The Bertz CT molecular complexity index is 1410. The summed E-state index contributed by atoms with van der Waals surface area (Å²) in [6, 6.07) is 17.2. The van der Waals surface area contributed by atoms with Crippen molar-refractivity contribution in [1.29, 1.82) is 0 Å². The van der Waals surface area contributed by atoms with E-state index in [9.17, 15) is 14.9 Å². The summed E-state index contributed by atoms with van der Waals surface area (Å²) in [6.45, 7) is 4.19.